The van der Waals surface area contributed by atoms with Crippen molar-refractivity contribution in [2.45, 2.75) is 39.3 Å². The SMILES string of the molecule is COC(=O)c1c(NC(C)=O)c2cc(N[C@H](C)CCO)cnc2n1CCc1ccc(OC)cc1. The van der Waals surface area contributed by atoms with Gasteiger partial charge in [-0.15, -0.1) is 0 Å². The maximum absolute atomic E-state index is 12.8. The summed E-state index contributed by atoms with van der Waals surface area (Å²) in [5.41, 5.74) is 2.95. The van der Waals surface area contributed by atoms with Crippen molar-refractivity contribution in [3.8, 4) is 5.75 Å². The smallest absolute Gasteiger partial charge is 0.356 e. The molecule has 0 unspecified atom stereocenters. The molecule has 176 valence electrons. The molecule has 0 saturated heterocycles. The Kier molecular flexibility index (Phi) is 7.89. The van der Waals surface area contributed by atoms with Crippen molar-refractivity contribution in [1.82, 2.24) is 9.55 Å². The van der Waals surface area contributed by atoms with Crippen LogP contribution in [0.5, 0.6) is 5.75 Å². The number of fused-ring (bicyclic) bond motifs is 1. The highest BCUT2D eigenvalue weighted by Crippen LogP contribution is 2.33. The Labute approximate surface area is 192 Å². The van der Waals surface area contributed by atoms with Crippen LogP contribution in [0, 0.1) is 0 Å². The Morgan fingerprint density at radius 1 is 1.21 bits per heavy atom. The van der Waals surface area contributed by atoms with E-state index in [4.69, 9.17) is 9.47 Å². The van der Waals surface area contributed by atoms with E-state index in [-0.39, 0.29) is 24.2 Å². The topological polar surface area (TPSA) is 115 Å². The van der Waals surface area contributed by atoms with Crippen LogP contribution in [-0.2, 0) is 22.5 Å². The van der Waals surface area contributed by atoms with Gasteiger partial charge in [0.25, 0.3) is 0 Å². The molecule has 0 spiro atoms. The maximum atomic E-state index is 12.8. The quantitative estimate of drug-likeness (QED) is 0.403. The lowest BCUT2D eigenvalue weighted by Gasteiger charge is -2.14. The van der Waals surface area contributed by atoms with Crippen LogP contribution in [0.15, 0.2) is 36.5 Å². The number of amides is 1. The lowest BCUT2D eigenvalue weighted by Crippen LogP contribution is -2.16. The van der Waals surface area contributed by atoms with E-state index in [9.17, 15) is 14.7 Å². The lowest BCUT2D eigenvalue weighted by molar-refractivity contribution is -0.114. The molecule has 0 bridgehead atoms. The number of methoxy groups -OCH3 is 2. The van der Waals surface area contributed by atoms with Gasteiger partial charge in [-0.05, 0) is 43.5 Å². The third-order valence-corrected chi connectivity index (χ3v) is 5.34. The highest BCUT2D eigenvalue weighted by atomic mass is 16.5. The molecule has 9 nitrogen and oxygen atoms in total. The van der Waals surface area contributed by atoms with Crippen LogP contribution in [0.3, 0.4) is 0 Å². The van der Waals surface area contributed by atoms with E-state index in [1.807, 2.05) is 37.3 Å². The summed E-state index contributed by atoms with van der Waals surface area (Å²) in [4.78, 5) is 29.3. The number of aliphatic hydroxyl groups is 1. The Bertz CT molecular complexity index is 1120. The van der Waals surface area contributed by atoms with Crippen LogP contribution in [-0.4, -0.2) is 53.4 Å². The number of anilines is 2. The van der Waals surface area contributed by atoms with Gasteiger partial charge in [-0.2, -0.15) is 0 Å². The van der Waals surface area contributed by atoms with Crippen LogP contribution in [0.1, 0.15) is 36.3 Å². The molecule has 33 heavy (non-hydrogen) atoms. The summed E-state index contributed by atoms with van der Waals surface area (Å²) in [6, 6.07) is 9.57. The van der Waals surface area contributed by atoms with Crippen molar-refractivity contribution in [3.05, 3.63) is 47.8 Å². The van der Waals surface area contributed by atoms with E-state index in [1.165, 1.54) is 14.0 Å². The average molecular weight is 455 g/mol. The molecule has 2 aromatic heterocycles. The molecule has 0 aliphatic heterocycles. The van der Waals surface area contributed by atoms with Crippen LogP contribution in [0.25, 0.3) is 11.0 Å². The first-order valence-corrected chi connectivity index (χ1v) is 10.8. The van der Waals surface area contributed by atoms with Gasteiger partial charge in [0.15, 0.2) is 5.69 Å². The molecule has 1 amide bonds. The predicted molar refractivity (Wildman–Crippen MR) is 127 cm³/mol. The summed E-state index contributed by atoms with van der Waals surface area (Å²) in [6.07, 6.45) is 2.89. The van der Waals surface area contributed by atoms with Gasteiger partial charge >= 0.3 is 5.97 Å². The third kappa shape index (κ3) is 5.61. The van der Waals surface area contributed by atoms with E-state index in [0.717, 1.165) is 17.0 Å². The number of carbonyl (C=O) groups excluding carboxylic acids is 2. The van der Waals surface area contributed by atoms with Crippen molar-refractivity contribution in [2.24, 2.45) is 0 Å². The number of aliphatic hydroxyl groups excluding tert-OH is 1. The summed E-state index contributed by atoms with van der Waals surface area (Å²) in [5.74, 6) is -0.0958. The Morgan fingerprint density at radius 2 is 1.94 bits per heavy atom. The number of hydrogen-bond acceptors (Lipinski definition) is 7. The predicted octanol–water partition coefficient (Wildman–Crippen LogP) is 3.22. The fourth-order valence-electron chi connectivity index (χ4n) is 3.72. The van der Waals surface area contributed by atoms with Gasteiger partial charge in [-0.3, -0.25) is 4.79 Å². The minimum absolute atomic E-state index is 0.0238. The molecule has 2 heterocycles. The fraction of sp³-hybridized carbons (Fsp3) is 0.375. The molecule has 3 N–H and O–H groups in total. The van der Waals surface area contributed by atoms with E-state index >= 15 is 0 Å². The molecule has 0 radical (unpaired) electrons. The van der Waals surface area contributed by atoms with Gasteiger partial charge in [0.2, 0.25) is 5.91 Å². The van der Waals surface area contributed by atoms with E-state index in [2.05, 4.69) is 15.6 Å². The number of aryl methyl sites for hydroxylation is 2. The summed E-state index contributed by atoms with van der Waals surface area (Å²) in [5, 5.41) is 15.9. The number of carbonyl (C=O) groups is 2. The molecule has 0 fully saturated rings. The molecule has 0 aliphatic carbocycles. The van der Waals surface area contributed by atoms with Crippen LogP contribution < -0.4 is 15.4 Å². The largest absolute Gasteiger partial charge is 0.497 e. The second-order valence-electron chi connectivity index (χ2n) is 7.80. The van der Waals surface area contributed by atoms with Crippen molar-refractivity contribution < 1.29 is 24.2 Å². The van der Waals surface area contributed by atoms with Crippen molar-refractivity contribution >= 4 is 34.3 Å². The maximum Gasteiger partial charge on any atom is 0.356 e. The number of ether oxygens (including phenoxy) is 2. The van der Waals surface area contributed by atoms with Gasteiger partial charge < -0.3 is 29.8 Å². The first-order chi connectivity index (χ1) is 15.9. The molecule has 3 rings (SSSR count). The van der Waals surface area contributed by atoms with Gasteiger partial charge in [0, 0.05) is 31.5 Å². The Morgan fingerprint density at radius 3 is 2.55 bits per heavy atom. The zero-order valence-corrected chi connectivity index (χ0v) is 19.3. The number of nitrogens with one attached hydrogen (secondary N) is 2. The number of esters is 1. The highest BCUT2D eigenvalue weighted by molar-refractivity contribution is 6.10. The third-order valence-electron chi connectivity index (χ3n) is 5.34. The molecule has 0 aliphatic rings. The van der Waals surface area contributed by atoms with Crippen LogP contribution in [0.2, 0.25) is 0 Å². The lowest BCUT2D eigenvalue weighted by atomic mass is 10.1. The Hall–Kier alpha value is -3.59. The Balaban J connectivity index is 2.06. The number of hydrogen-bond donors (Lipinski definition) is 3. The molecule has 0 saturated carbocycles. The standard InChI is InChI=1S/C24H30N4O5/c1-15(10-12-29)26-18-13-20-21(27-16(2)30)22(24(31)33-4)28(23(20)25-14-18)11-9-17-5-7-19(32-3)8-6-17/h5-8,13-15,26,29H,9-12H2,1-4H3,(H,27,30)/t15-/m1/s1. The molecule has 3 aromatic rings. The number of benzene rings is 1. The zero-order chi connectivity index (χ0) is 24.0. The van der Waals surface area contributed by atoms with Gasteiger partial charge in [-0.1, -0.05) is 12.1 Å². The van der Waals surface area contributed by atoms with Crippen LogP contribution in [0.4, 0.5) is 11.4 Å². The molecular formula is C24H30N4O5. The normalized spacial score (nSPS) is 11.8. The summed E-state index contributed by atoms with van der Waals surface area (Å²) in [7, 11) is 2.93. The monoisotopic (exact) mass is 454 g/mol. The van der Waals surface area contributed by atoms with E-state index in [0.29, 0.717) is 36.1 Å². The summed E-state index contributed by atoms with van der Waals surface area (Å²) in [6.45, 7) is 3.86. The molecule has 1 aromatic carbocycles. The summed E-state index contributed by atoms with van der Waals surface area (Å²) >= 11 is 0. The van der Waals surface area contributed by atoms with Gasteiger partial charge in [0.1, 0.15) is 11.4 Å². The molecular weight excluding hydrogens is 424 g/mol. The first-order valence-electron chi connectivity index (χ1n) is 10.8. The average Bonchev–Trinajstić information content (AvgIpc) is 3.09. The summed E-state index contributed by atoms with van der Waals surface area (Å²) < 4.78 is 12.0. The highest BCUT2D eigenvalue weighted by Gasteiger charge is 2.25. The second-order valence-corrected chi connectivity index (χ2v) is 7.80. The fourth-order valence-corrected chi connectivity index (χ4v) is 3.72. The number of nitrogens with zero attached hydrogens (tertiary/aromatic N) is 2. The van der Waals surface area contributed by atoms with Crippen molar-refractivity contribution in [1.29, 1.82) is 0 Å². The second kappa shape index (κ2) is 10.8. The molecule has 9 heteroatoms. The minimum atomic E-state index is -0.561. The zero-order valence-electron chi connectivity index (χ0n) is 19.3. The van der Waals surface area contributed by atoms with Crippen molar-refractivity contribution in [2.75, 3.05) is 31.5 Å². The number of rotatable bonds is 10. The van der Waals surface area contributed by atoms with Crippen molar-refractivity contribution in [3.63, 3.8) is 0 Å². The van der Waals surface area contributed by atoms with Gasteiger partial charge in [-0.25, -0.2) is 9.78 Å². The first kappa shape index (κ1) is 24.1. The number of pyridine rings is 1. The number of aromatic nitrogens is 2. The van der Waals surface area contributed by atoms with Crippen LogP contribution >= 0.6 is 0 Å². The van der Waals surface area contributed by atoms with Gasteiger partial charge in [0.05, 0.1) is 31.8 Å². The van der Waals surface area contributed by atoms with E-state index < -0.39 is 5.97 Å². The minimum Gasteiger partial charge on any atom is -0.497 e. The van der Waals surface area contributed by atoms with E-state index in [1.54, 1.807) is 17.9 Å². The molecule has 1 atom stereocenters.